The average Bonchev–Trinajstić information content (AvgIpc) is 3.03. The maximum absolute atomic E-state index is 12.4. The van der Waals surface area contributed by atoms with E-state index in [0.29, 0.717) is 20.8 Å². The molecule has 0 aliphatic carbocycles. The van der Waals surface area contributed by atoms with E-state index in [0.717, 1.165) is 11.6 Å². The van der Waals surface area contributed by atoms with Crippen molar-refractivity contribution in [2.75, 3.05) is 18.0 Å². The lowest BCUT2D eigenvalue weighted by Crippen LogP contribution is -2.27. The van der Waals surface area contributed by atoms with Crippen molar-refractivity contribution in [3.63, 3.8) is 0 Å². The van der Waals surface area contributed by atoms with Crippen molar-refractivity contribution in [2.24, 2.45) is 0 Å². The van der Waals surface area contributed by atoms with Crippen LogP contribution in [-0.4, -0.2) is 28.2 Å². The first-order chi connectivity index (χ1) is 11.1. The summed E-state index contributed by atoms with van der Waals surface area (Å²) in [4.78, 5) is 17.8. The van der Waals surface area contributed by atoms with E-state index in [-0.39, 0.29) is 5.91 Å². The van der Waals surface area contributed by atoms with Crippen LogP contribution in [0.15, 0.2) is 50.2 Å². The first-order valence-corrected chi connectivity index (χ1v) is 9.68. The van der Waals surface area contributed by atoms with Gasteiger partial charge >= 0.3 is 0 Å². The summed E-state index contributed by atoms with van der Waals surface area (Å²) in [5, 5.41) is 1.48. The lowest BCUT2D eigenvalue weighted by molar-refractivity contribution is -0.122. The van der Waals surface area contributed by atoms with Crippen LogP contribution < -0.4 is 4.90 Å². The monoisotopic (exact) mass is 382 g/mol. The Hall–Kier alpha value is -0.950. The summed E-state index contributed by atoms with van der Waals surface area (Å²) in [6, 6.07) is 8.24. The minimum atomic E-state index is -0.104. The Kier molecular flexibility index (Phi) is 5.06. The van der Waals surface area contributed by atoms with Crippen molar-refractivity contribution in [2.45, 2.75) is 18.7 Å². The molecule has 0 unspecified atom stereocenters. The zero-order valence-corrected chi connectivity index (χ0v) is 15.9. The molecule has 0 saturated carbocycles. The second-order valence-electron chi connectivity index (χ2n) is 4.89. The number of nitrogens with zero attached hydrogens (tertiary/aromatic N) is 2. The summed E-state index contributed by atoms with van der Waals surface area (Å²) < 4.78 is 0.568. The molecule has 1 aromatic carbocycles. The molecule has 2 aliphatic heterocycles. The highest BCUT2D eigenvalue weighted by atomic mass is 35.5. The minimum Gasteiger partial charge on any atom is -0.335 e. The molecule has 7 heteroatoms. The summed E-state index contributed by atoms with van der Waals surface area (Å²) >= 11 is 14.6. The van der Waals surface area contributed by atoms with Crippen molar-refractivity contribution in [1.29, 1.82) is 0 Å². The molecule has 2 aliphatic rings. The minimum absolute atomic E-state index is 0.104. The normalized spacial score (nSPS) is 21.4. The van der Waals surface area contributed by atoms with E-state index in [1.54, 1.807) is 16.7 Å². The number of carbonyl (C=O) groups excluding carboxylic acids is 1. The fourth-order valence-electron chi connectivity index (χ4n) is 2.48. The predicted molar refractivity (Wildman–Crippen MR) is 104 cm³/mol. The highest BCUT2D eigenvalue weighted by Crippen LogP contribution is 2.46. The zero-order valence-electron chi connectivity index (χ0n) is 12.7. The largest absolute Gasteiger partial charge is 0.335 e. The van der Waals surface area contributed by atoms with Gasteiger partial charge in [0.25, 0.3) is 5.91 Å². The molecular weight excluding hydrogens is 368 g/mol. The number of allylic oxidation sites excluding steroid dienone is 2. The van der Waals surface area contributed by atoms with Gasteiger partial charge in [-0.1, -0.05) is 59.5 Å². The Morgan fingerprint density at radius 1 is 1.22 bits per heavy atom. The first-order valence-electron chi connectivity index (χ1n) is 7.26. The predicted octanol–water partition coefficient (Wildman–Crippen LogP) is 4.79. The van der Waals surface area contributed by atoms with Crippen molar-refractivity contribution in [3.05, 3.63) is 45.3 Å². The van der Waals surface area contributed by atoms with Gasteiger partial charge in [0.05, 0.1) is 20.7 Å². The highest BCUT2D eigenvalue weighted by Gasteiger charge is 2.33. The number of benzene rings is 1. The van der Waals surface area contributed by atoms with Crippen LogP contribution in [0.1, 0.15) is 13.8 Å². The second kappa shape index (κ2) is 6.89. The van der Waals surface area contributed by atoms with Crippen LogP contribution in [0.3, 0.4) is 0 Å². The number of fused-ring (bicyclic) bond motifs is 1. The summed E-state index contributed by atoms with van der Waals surface area (Å²) in [7, 11) is 0. The van der Waals surface area contributed by atoms with Gasteiger partial charge in [-0.25, -0.2) is 0 Å². The van der Waals surface area contributed by atoms with E-state index in [9.17, 15) is 4.79 Å². The van der Waals surface area contributed by atoms with Crippen LogP contribution in [0.4, 0.5) is 5.69 Å². The summed E-state index contributed by atoms with van der Waals surface area (Å²) in [5.41, 5.74) is 1.18. The Balaban J connectivity index is 1.95. The number of rotatable bonds is 3. The number of hydrogen-bond acceptors (Lipinski definition) is 5. The third-order valence-corrected chi connectivity index (χ3v) is 6.57. The number of thiocarbonyl (C=S) groups is 1. The maximum atomic E-state index is 12.4. The van der Waals surface area contributed by atoms with Gasteiger partial charge in [0.2, 0.25) is 0 Å². The smallest absolute Gasteiger partial charge is 0.267 e. The molecule has 23 heavy (non-hydrogen) atoms. The number of amides is 1. The number of carbonyl (C=O) groups is 1. The SMILES string of the molecule is CCN1C(=O)/C(=C(Cl)\C=C2\Sc3ccccc3N2CC)SC1=S. The molecule has 1 amide bonds. The lowest BCUT2D eigenvalue weighted by Gasteiger charge is -2.17. The molecule has 3 nitrogen and oxygen atoms in total. The molecule has 120 valence electrons. The first kappa shape index (κ1) is 16.9. The number of anilines is 1. The number of halogens is 1. The van der Waals surface area contributed by atoms with Crippen molar-refractivity contribution in [3.8, 4) is 0 Å². The molecule has 0 aromatic heterocycles. The Bertz CT molecular complexity index is 745. The van der Waals surface area contributed by atoms with E-state index in [1.165, 1.54) is 22.3 Å². The van der Waals surface area contributed by atoms with Crippen molar-refractivity contribution in [1.82, 2.24) is 4.90 Å². The molecular formula is C16H15ClN2OS3. The average molecular weight is 383 g/mol. The van der Waals surface area contributed by atoms with Gasteiger partial charge in [-0.2, -0.15) is 0 Å². The van der Waals surface area contributed by atoms with E-state index in [2.05, 4.69) is 24.0 Å². The molecule has 3 rings (SSSR count). The maximum Gasteiger partial charge on any atom is 0.267 e. The van der Waals surface area contributed by atoms with Gasteiger partial charge in [-0.15, -0.1) is 0 Å². The quantitative estimate of drug-likeness (QED) is 0.552. The van der Waals surface area contributed by atoms with Crippen LogP contribution in [0.5, 0.6) is 0 Å². The molecule has 0 radical (unpaired) electrons. The molecule has 1 fully saturated rings. The second-order valence-corrected chi connectivity index (χ2v) is 8.00. The third kappa shape index (κ3) is 3.05. The van der Waals surface area contributed by atoms with Gasteiger partial charge in [-0.3, -0.25) is 9.69 Å². The number of para-hydroxylation sites is 1. The van der Waals surface area contributed by atoms with Crippen LogP contribution in [0.2, 0.25) is 0 Å². The summed E-state index contributed by atoms with van der Waals surface area (Å²) in [5.74, 6) is -0.104. The fourth-order valence-corrected chi connectivity index (χ4v) is 5.32. The van der Waals surface area contributed by atoms with E-state index in [4.69, 9.17) is 23.8 Å². The molecule has 1 aromatic rings. The van der Waals surface area contributed by atoms with Crippen LogP contribution in [0.25, 0.3) is 0 Å². The van der Waals surface area contributed by atoms with Crippen molar-refractivity contribution < 1.29 is 4.79 Å². The van der Waals surface area contributed by atoms with Crippen LogP contribution in [0, 0.1) is 0 Å². The Morgan fingerprint density at radius 3 is 2.57 bits per heavy atom. The van der Waals surface area contributed by atoms with Crippen molar-refractivity contribution >= 4 is 63.3 Å². The molecule has 0 atom stereocenters. The lowest BCUT2D eigenvalue weighted by atomic mass is 10.3. The molecule has 0 spiro atoms. The Morgan fingerprint density at radius 2 is 1.91 bits per heavy atom. The topological polar surface area (TPSA) is 23.6 Å². The van der Waals surface area contributed by atoms with Gasteiger partial charge < -0.3 is 4.90 Å². The third-order valence-electron chi connectivity index (χ3n) is 3.59. The highest BCUT2D eigenvalue weighted by molar-refractivity contribution is 8.26. The fraction of sp³-hybridized carbons (Fsp3) is 0.250. The van der Waals surface area contributed by atoms with Crippen LogP contribution >= 0.6 is 47.3 Å². The van der Waals surface area contributed by atoms with Gasteiger partial charge in [0, 0.05) is 18.0 Å². The van der Waals surface area contributed by atoms with E-state index >= 15 is 0 Å². The molecule has 2 heterocycles. The molecule has 1 saturated heterocycles. The summed E-state index contributed by atoms with van der Waals surface area (Å²) in [6.45, 7) is 5.41. The standard InChI is InChI=1S/C16H15ClN2OS3/c1-3-18-11-7-5-6-8-12(11)22-13(18)9-10(17)14-15(20)19(4-2)16(21)23-14/h5-9H,3-4H2,1-2H3/b13-9+,14-10-. The Labute approximate surface area is 154 Å². The van der Waals surface area contributed by atoms with Gasteiger partial charge in [0.1, 0.15) is 4.32 Å². The van der Waals surface area contributed by atoms with E-state index < -0.39 is 0 Å². The zero-order chi connectivity index (χ0) is 16.6. The van der Waals surface area contributed by atoms with Gasteiger partial charge in [0.15, 0.2) is 0 Å². The molecule has 0 bridgehead atoms. The number of thioether (sulfide) groups is 2. The molecule has 0 N–H and O–H groups in total. The van der Waals surface area contributed by atoms with Gasteiger partial charge in [-0.05, 0) is 32.1 Å². The number of likely N-dealkylation sites (N-methyl/N-ethyl adjacent to an activating group) is 1. The van der Waals surface area contributed by atoms with Crippen LogP contribution in [-0.2, 0) is 4.79 Å². The summed E-state index contributed by atoms with van der Waals surface area (Å²) in [6.07, 6.45) is 1.87. The van der Waals surface area contributed by atoms with E-state index in [1.807, 2.05) is 25.1 Å². The number of hydrogen-bond donors (Lipinski definition) is 0.